The van der Waals surface area contributed by atoms with Crippen LogP contribution in [0.5, 0.6) is 0 Å². The maximum atomic E-state index is 11.7. The van der Waals surface area contributed by atoms with Gasteiger partial charge in [0, 0.05) is 0 Å². The molecule has 0 aromatic rings. The lowest BCUT2D eigenvalue weighted by Gasteiger charge is -2.03. The van der Waals surface area contributed by atoms with Crippen molar-refractivity contribution in [2.45, 2.75) is 0 Å². The molecule has 4 nitrogen and oxygen atoms in total. The fraction of sp³-hybridized carbons (Fsp3) is 0. The van der Waals surface area contributed by atoms with Crippen LogP contribution in [-0.4, -0.2) is 18.6 Å². The summed E-state index contributed by atoms with van der Waals surface area (Å²) in [6, 6.07) is 0. The molecule has 0 aliphatic heterocycles. The highest BCUT2D eigenvalue weighted by atomic mass is 32.2. The zero-order valence-corrected chi connectivity index (χ0v) is 10.1. The van der Waals surface area contributed by atoms with Crippen LogP contribution in [0.15, 0.2) is 71.9 Å². The monoisotopic (exact) mass is 254 g/mol. The van der Waals surface area contributed by atoms with Gasteiger partial charge < -0.3 is 10.2 Å². The lowest BCUT2D eigenvalue weighted by Crippen LogP contribution is -2.03. The first-order valence-corrected chi connectivity index (χ1v) is 5.92. The van der Waals surface area contributed by atoms with Gasteiger partial charge in [0.25, 0.3) is 0 Å². The highest BCUT2D eigenvalue weighted by Crippen LogP contribution is 2.18. The van der Waals surface area contributed by atoms with Crippen LogP contribution in [0.2, 0.25) is 0 Å². The first-order chi connectivity index (χ1) is 7.71. The minimum atomic E-state index is -3.85. The third kappa shape index (κ3) is 4.56. The molecule has 0 spiro atoms. The standard InChI is InChI=1S/C12H14O4S/c1-5-12(14)8-11(4)17(15,16)10(3)7-6-9(2)13/h5-8,13-14H,1-4H2/b7-6-,12-8+. The van der Waals surface area contributed by atoms with Crippen molar-refractivity contribution in [1.29, 1.82) is 0 Å². The van der Waals surface area contributed by atoms with Crippen LogP contribution in [0, 0.1) is 0 Å². The molecule has 0 rings (SSSR count). The Morgan fingerprint density at radius 3 is 1.94 bits per heavy atom. The van der Waals surface area contributed by atoms with Gasteiger partial charge >= 0.3 is 0 Å². The van der Waals surface area contributed by atoms with Crippen molar-refractivity contribution < 1.29 is 18.6 Å². The number of hydrogen-bond acceptors (Lipinski definition) is 4. The van der Waals surface area contributed by atoms with E-state index in [1.165, 1.54) is 0 Å². The molecule has 0 atom stereocenters. The van der Waals surface area contributed by atoms with Crippen molar-refractivity contribution >= 4 is 9.84 Å². The van der Waals surface area contributed by atoms with Gasteiger partial charge in [-0.1, -0.05) is 26.3 Å². The molecule has 0 fully saturated rings. The van der Waals surface area contributed by atoms with Gasteiger partial charge in [-0.3, -0.25) is 0 Å². The molecule has 0 bridgehead atoms. The van der Waals surface area contributed by atoms with Crippen LogP contribution in [-0.2, 0) is 9.84 Å². The topological polar surface area (TPSA) is 74.6 Å². The fourth-order valence-electron chi connectivity index (χ4n) is 0.749. The highest BCUT2D eigenvalue weighted by Gasteiger charge is 2.16. The molecule has 0 unspecified atom stereocenters. The first-order valence-electron chi connectivity index (χ1n) is 4.43. The lowest BCUT2D eigenvalue weighted by atomic mass is 10.4. The largest absolute Gasteiger partial charge is 0.509 e. The Bertz CT molecular complexity index is 519. The SMILES string of the molecule is C=C/C(O)=C\C(=C)S(=O)(=O)C(=C)/C=C\C(=C)O. The van der Waals surface area contributed by atoms with E-state index in [-0.39, 0.29) is 21.3 Å². The van der Waals surface area contributed by atoms with Gasteiger partial charge in [0.05, 0.1) is 9.81 Å². The van der Waals surface area contributed by atoms with E-state index < -0.39 is 9.84 Å². The summed E-state index contributed by atoms with van der Waals surface area (Å²) >= 11 is 0. The number of allylic oxidation sites excluding steroid dienone is 4. The van der Waals surface area contributed by atoms with Crippen molar-refractivity contribution in [3.05, 3.63) is 71.9 Å². The Morgan fingerprint density at radius 1 is 1.00 bits per heavy atom. The number of aliphatic hydroxyl groups is 2. The van der Waals surface area contributed by atoms with E-state index >= 15 is 0 Å². The van der Waals surface area contributed by atoms with E-state index in [1.54, 1.807) is 0 Å². The van der Waals surface area contributed by atoms with E-state index in [2.05, 4.69) is 26.3 Å². The van der Waals surface area contributed by atoms with E-state index in [0.29, 0.717) is 0 Å². The van der Waals surface area contributed by atoms with Crippen molar-refractivity contribution in [1.82, 2.24) is 0 Å². The average Bonchev–Trinajstić information content (AvgIpc) is 2.25. The predicted octanol–water partition coefficient (Wildman–Crippen LogP) is 2.68. The molecule has 0 amide bonds. The molecular formula is C12H14O4S. The summed E-state index contributed by atoms with van der Waals surface area (Å²) in [7, 11) is -3.85. The zero-order chi connectivity index (χ0) is 13.6. The van der Waals surface area contributed by atoms with E-state index in [9.17, 15) is 8.42 Å². The van der Waals surface area contributed by atoms with Gasteiger partial charge in [-0.15, -0.1) is 0 Å². The third-order valence-electron chi connectivity index (χ3n) is 1.67. The van der Waals surface area contributed by atoms with Gasteiger partial charge in [-0.25, -0.2) is 8.42 Å². The Kier molecular flexibility index (Phi) is 5.21. The summed E-state index contributed by atoms with van der Waals surface area (Å²) in [5.74, 6) is -0.613. The van der Waals surface area contributed by atoms with Crippen molar-refractivity contribution in [2.75, 3.05) is 0 Å². The van der Waals surface area contributed by atoms with Gasteiger partial charge in [-0.05, 0) is 24.3 Å². The smallest absolute Gasteiger partial charge is 0.205 e. The molecule has 5 heteroatoms. The number of sulfone groups is 1. The summed E-state index contributed by atoms with van der Waals surface area (Å²) in [5.41, 5.74) is 0. The molecule has 92 valence electrons. The minimum Gasteiger partial charge on any atom is -0.509 e. The van der Waals surface area contributed by atoms with Gasteiger partial charge in [0.15, 0.2) is 0 Å². The maximum Gasteiger partial charge on any atom is 0.205 e. The second kappa shape index (κ2) is 5.91. The molecular weight excluding hydrogens is 240 g/mol. The first kappa shape index (κ1) is 15.0. The molecule has 0 saturated heterocycles. The van der Waals surface area contributed by atoms with Crippen LogP contribution >= 0.6 is 0 Å². The van der Waals surface area contributed by atoms with Crippen LogP contribution in [0.25, 0.3) is 0 Å². The summed E-state index contributed by atoms with van der Waals surface area (Å²) < 4.78 is 23.5. The number of aliphatic hydroxyl groups excluding tert-OH is 2. The molecule has 0 aliphatic carbocycles. The van der Waals surface area contributed by atoms with E-state index in [4.69, 9.17) is 10.2 Å². The van der Waals surface area contributed by atoms with Crippen LogP contribution in [0.1, 0.15) is 0 Å². The van der Waals surface area contributed by atoms with Gasteiger partial charge in [-0.2, -0.15) is 0 Å². The molecule has 2 N–H and O–H groups in total. The number of hydrogen-bond donors (Lipinski definition) is 2. The molecule has 17 heavy (non-hydrogen) atoms. The Hall–Kier alpha value is -2.01. The lowest BCUT2D eigenvalue weighted by molar-refractivity contribution is 0.432. The summed E-state index contributed by atoms with van der Waals surface area (Å²) in [4.78, 5) is -0.598. The van der Waals surface area contributed by atoms with Crippen LogP contribution in [0.4, 0.5) is 0 Å². The van der Waals surface area contributed by atoms with E-state index in [0.717, 1.165) is 24.3 Å². The van der Waals surface area contributed by atoms with Gasteiger partial charge in [0.1, 0.15) is 11.5 Å². The van der Waals surface area contributed by atoms with Gasteiger partial charge in [0.2, 0.25) is 9.84 Å². The zero-order valence-electron chi connectivity index (χ0n) is 9.26. The molecule has 0 aromatic heterocycles. The van der Waals surface area contributed by atoms with Crippen LogP contribution < -0.4 is 0 Å². The van der Waals surface area contributed by atoms with Crippen molar-refractivity contribution in [3.8, 4) is 0 Å². The quantitative estimate of drug-likeness (QED) is 0.564. The Morgan fingerprint density at radius 2 is 1.53 bits per heavy atom. The third-order valence-corrected chi connectivity index (χ3v) is 3.30. The van der Waals surface area contributed by atoms with Crippen molar-refractivity contribution in [3.63, 3.8) is 0 Å². The summed E-state index contributed by atoms with van der Waals surface area (Å²) in [6.45, 7) is 13.1. The Balaban J connectivity index is 5.17. The molecule has 0 aromatic carbocycles. The second-order valence-corrected chi connectivity index (χ2v) is 5.09. The second-order valence-electron chi connectivity index (χ2n) is 3.03. The van der Waals surface area contributed by atoms with Crippen molar-refractivity contribution in [2.24, 2.45) is 0 Å². The maximum absolute atomic E-state index is 11.7. The fourth-order valence-corrected chi connectivity index (χ4v) is 1.61. The number of rotatable bonds is 6. The minimum absolute atomic E-state index is 0.272. The van der Waals surface area contributed by atoms with Crippen LogP contribution in [0.3, 0.4) is 0 Å². The Labute approximate surface area is 101 Å². The molecule has 0 aliphatic rings. The molecule has 0 saturated carbocycles. The predicted molar refractivity (Wildman–Crippen MR) is 69.0 cm³/mol. The summed E-state index contributed by atoms with van der Waals surface area (Å²) in [6.07, 6.45) is 4.20. The molecule has 0 radical (unpaired) electrons. The molecule has 0 heterocycles. The summed E-state index contributed by atoms with van der Waals surface area (Å²) in [5, 5.41) is 17.9. The van der Waals surface area contributed by atoms with E-state index in [1.807, 2.05) is 0 Å². The normalized spacial score (nSPS) is 12.4. The average molecular weight is 254 g/mol. The highest BCUT2D eigenvalue weighted by molar-refractivity contribution is 7.99.